The Hall–Kier alpha value is -1.98. The topological polar surface area (TPSA) is 55.2 Å². The molecule has 0 aliphatic carbocycles. The molecule has 4 nitrogen and oxygen atoms in total. The number of nitrogens with one attached hydrogen (secondary N) is 1. The van der Waals surface area contributed by atoms with Crippen LogP contribution in [0.5, 0.6) is 0 Å². The molecule has 21 heavy (non-hydrogen) atoms. The molecule has 2 aromatic rings. The molecule has 0 bridgehead atoms. The third-order valence-corrected chi connectivity index (χ3v) is 3.42. The maximum atomic E-state index is 13.2. The van der Waals surface area contributed by atoms with Gasteiger partial charge in [0, 0.05) is 29.2 Å². The Morgan fingerprint density at radius 3 is 2.76 bits per heavy atom. The predicted octanol–water partition coefficient (Wildman–Crippen LogP) is 4.24. The van der Waals surface area contributed by atoms with Crippen LogP contribution in [0, 0.1) is 15.9 Å². The van der Waals surface area contributed by atoms with Gasteiger partial charge in [-0.25, -0.2) is 4.39 Å². The molecule has 110 valence electrons. The van der Waals surface area contributed by atoms with E-state index in [0.717, 1.165) is 11.6 Å². The fourth-order valence-corrected chi connectivity index (χ4v) is 2.23. The SMILES string of the molecule is CC(NCc1cc(F)ccc1[N+](=O)[O-])c1cccc(Cl)c1. The van der Waals surface area contributed by atoms with E-state index in [1.165, 1.54) is 12.1 Å². The van der Waals surface area contributed by atoms with Gasteiger partial charge < -0.3 is 5.32 Å². The zero-order valence-electron chi connectivity index (χ0n) is 11.3. The van der Waals surface area contributed by atoms with Crippen LogP contribution in [0.25, 0.3) is 0 Å². The van der Waals surface area contributed by atoms with E-state index in [0.29, 0.717) is 10.6 Å². The molecule has 0 aliphatic heterocycles. The van der Waals surface area contributed by atoms with Gasteiger partial charge in [0.1, 0.15) is 5.82 Å². The summed E-state index contributed by atoms with van der Waals surface area (Å²) in [6, 6.07) is 10.7. The van der Waals surface area contributed by atoms with Crippen LogP contribution in [0.15, 0.2) is 42.5 Å². The molecule has 1 N–H and O–H groups in total. The molecule has 0 heterocycles. The van der Waals surface area contributed by atoms with E-state index in [-0.39, 0.29) is 18.3 Å². The molecule has 0 aliphatic rings. The quantitative estimate of drug-likeness (QED) is 0.664. The van der Waals surface area contributed by atoms with Gasteiger partial charge in [0.15, 0.2) is 0 Å². The van der Waals surface area contributed by atoms with Crippen molar-refractivity contribution in [1.82, 2.24) is 5.32 Å². The number of benzene rings is 2. The second kappa shape index (κ2) is 6.65. The maximum absolute atomic E-state index is 13.2. The maximum Gasteiger partial charge on any atom is 0.274 e. The van der Waals surface area contributed by atoms with Crippen molar-refractivity contribution in [2.75, 3.05) is 0 Å². The molecular formula is C15H14ClFN2O2. The molecule has 0 amide bonds. The summed E-state index contributed by atoms with van der Waals surface area (Å²) >= 11 is 5.93. The van der Waals surface area contributed by atoms with Gasteiger partial charge in [-0.1, -0.05) is 23.7 Å². The lowest BCUT2D eigenvalue weighted by Crippen LogP contribution is -2.18. The van der Waals surface area contributed by atoms with Gasteiger partial charge in [-0.05, 0) is 36.8 Å². The molecular weight excluding hydrogens is 295 g/mol. The van der Waals surface area contributed by atoms with Crippen molar-refractivity contribution in [3.63, 3.8) is 0 Å². The van der Waals surface area contributed by atoms with Crippen LogP contribution in [-0.2, 0) is 6.54 Å². The number of halogens is 2. The van der Waals surface area contributed by atoms with E-state index >= 15 is 0 Å². The second-order valence-corrected chi connectivity index (χ2v) is 5.12. The molecule has 0 saturated carbocycles. The molecule has 0 fully saturated rings. The number of rotatable bonds is 5. The summed E-state index contributed by atoms with van der Waals surface area (Å²) in [5.74, 6) is -0.493. The second-order valence-electron chi connectivity index (χ2n) is 4.69. The first kappa shape index (κ1) is 15.4. The van der Waals surface area contributed by atoms with Crippen molar-refractivity contribution in [2.24, 2.45) is 0 Å². The summed E-state index contributed by atoms with van der Waals surface area (Å²) in [5, 5.41) is 14.7. The number of nitro groups is 1. The molecule has 0 saturated heterocycles. The van der Waals surface area contributed by atoms with Crippen LogP contribution in [0.1, 0.15) is 24.1 Å². The zero-order chi connectivity index (χ0) is 15.4. The van der Waals surface area contributed by atoms with E-state index in [2.05, 4.69) is 5.32 Å². The van der Waals surface area contributed by atoms with Crippen molar-refractivity contribution in [2.45, 2.75) is 19.5 Å². The molecule has 2 rings (SSSR count). The van der Waals surface area contributed by atoms with Gasteiger partial charge in [0.25, 0.3) is 5.69 Å². The largest absolute Gasteiger partial charge is 0.306 e. The first-order valence-corrected chi connectivity index (χ1v) is 6.77. The van der Waals surface area contributed by atoms with Gasteiger partial charge in [0.2, 0.25) is 0 Å². The van der Waals surface area contributed by atoms with E-state index in [9.17, 15) is 14.5 Å². The highest BCUT2D eigenvalue weighted by Crippen LogP contribution is 2.22. The minimum atomic E-state index is -0.513. The van der Waals surface area contributed by atoms with Crippen molar-refractivity contribution in [3.05, 3.63) is 74.5 Å². The lowest BCUT2D eigenvalue weighted by atomic mass is 10.1. The standard InChI is InChI=1S/C15H14ClFN2O2/c1-10(11-3-2-4-13(16)7-11)18-9-12-8-14(17)5-6-15(12)19(20)21/h2-8,10,18H,9H2,1H3. The number of hydrogen-bond donors (Lipinski definition) is 1. The van der Waals surface area contributed by atoms with E-state index in [1.807, 2.05) is 25.1 Å². The van der Waals surface area contributed by atoms with Crippen LogP contribution < -0.4 is 5.32 Å². The van der Waals surface area contributed by atoms with Gasteiger partial charge in [0.05, 0.1) is 4.92 Å². The normalized spacial score (nSPS) is 12.1. The summed E-state index contributed by atoms with van der Waals surface area (Å²) in [7, 11) is 0. The molecule has 1 atom stereocenters. The number of nitrogens with zero attached hydrogens (tertiary/aromatic N) is 1. The summed E-state index contributed by atoms with van der Waals surface area (Å²) in [6.45, 7) is 2.11. The Balaban J connectivity index is 2.12. The highest BCUT2D eigenvalue weighted by atomic mass is 35.5. The van der Waals surface area contributed by atoms with Gasteiger partial charge in [-0.15, -0.1) is 0 Å². The highest BCUT2D eigenvalue weighted by Gasteiger charge is 2.15. The van der Waals surface area contributed by atoms with Crippen LogP contribution >= 0.6 is 11.6 Å². The number of nitro benzene ring substituents is 1. The summed E-state index contributed by atoms with van der Waals surface area (Å²) < 4.78 is 13.2. The third kappa shape index (κ3) is 4.00. The Morgan fingerprint density at radius 1 is 1.33 bits per heavy atom. The van der Waals surface area contributed by atoms with E-state index < -0.39 is 10.7 Å². The van der Waals surface area contributed by atoms with E-state index in [1.54, 1.807) is 6.07 Å². The summed E-state index contributed by atoms with van der Waals surface area (Å²) in [6.07, 6.45) is 0. The first-order chi connectivity index (χ1) is 9.97. The Kier molecular flexibility index (Phi) is 4.88. The van der Waals surface area contributed by atoms with Gasteiger partial charge >= 0.3 is 0 Å². The predicted molar refractivity (Wildman–Crippen MR) is 79.8 cm³/mol. The van der Waals surface area contributed by atoms with Crippen LogP contribution in [-0.4, -0.2) is 4.92 Å². The molecule has 0 spiro atoms. The first-order valence-electron chi connectivity index (χ1n) is 6.39. The van der Waals surface area contributed by atoms with Crippen molar-refractivity contribution in [1.29, 1.82) is 0 Å². The summed E-state index contributed by atoms with van der Waals surface area (Å²) in [4.78, 5) is 10.4. The fraction of sp³-hybridized carbons (Fsp3) is 0.200. The van der Waals surface area contributed by atoms with Crippen molar-refractivity contribution in [3.8, 4) is 0 Å². The minimum Gasteiger partial charge on any atom is -0.306 e. The summed E-state index contributed by atoms with van der Waals surface area (Å²) in [5.41, 5.74) is 1.18. The molecule has 0 aromatic heterocycles. The lowest BCUT2D eigenvalue weighted by molar-refractivity contribution is -0.385. The van der Waals surface area contributed by atoms with E-state index in [4.69, 9.17) is 11.6 Å². The van der Waals surface area contributed by atoms with Crippen LogP contribution in [0.4, 0.5) is 10.1 Å². The van der Waals surface area contributed by atoms with Crippen molar-refractivity contribution < 1.29 is 9.31 Å². The zero-order valence-corrected chi connectivity index (χ0v) is 12.1. The molecule has 2 aromatic carbocycles. The Labute approximate surface area is 126 Å². The lowest BCUT2D eigenvalue weighted by Gasteiger charge is -2.14. The minimum absolute atomic E-state index is 0.0634. The molecule has 1 unspecified atom stereocenters. The highest BCUT2D eigenvalue weighted by molar-refractivity contribution is 6.30. The molecule has 0 radical (unpaired) electrons. The monoisotopic (exact) mass is 308 g/mol. The smallest absolute Gasteiger partial charge is 0.274 e. The Bertz CT molecular complexity index is 664. The van der Waals surface area contributed by atoms with Crippen LogP contribution in [0.3, 0.4) is 0 Å². The van der Waals surface area contributed by atoms with Gasteiger partial charge in [-0.3, -0.25) is 10.1 Å². The van der Waals surface area contributed by atoms with Crippen LogP contribution in [0.2, 0.25) is 5.02 Å². The van der Waals surface area contributed by atoms with Gasteiger partial charge in [-0.2, -0.15) is 0 Å². The molecule has 6 heteroatoms. The van der Waals surface area contributed by atoms with Crippen molar-refractivity contribution >= 4 is 17.3 Å². The Morgan fingerprint density at radius 2 is 2.10 bits per heavy atom. The average molecular weight is 309 g/mol. The third-order valence-electron chi connectivity index (χ3n) is 3.19. The average Bonchev–Trinajstić information content (AvgIpc) is 2.44. The number of hydrogen-bond acceptors (Lipinski definition) is 3. The fourth-order valence-electron chi connectivity index (χ4n) is 2.03.